The van der Waals surface area contributed by atoms with Crippen molar-refractivity contribution in [1.82, 2.24) is 8.95 Å². The molecule has 1 heterocycles. The third-order valence-corrected chi connectivity index (χ3v) is 2.02. The first-order chi connectivity index (χ1) is 5.33. The van der Waals surface area contributed by atoms with Gasteiger partial charge in [0.05, 0.1) is 5.69 Å². The number of aromatic nitrogens is 1. The maximum Gasteiger partial charge on any atom is 0.162 e. The van der Waals surface area contributed by atoms with Crippen molar-refractivity contribution < 1.29 is 0 Å². The minimum Gasteiger partial charge on any atom is -0.265 e. The van der Waals surface area contributed by atoms with E-state index < -0.39 is 0 Å². The monoisotopic (exact) mass is 182 g/mol. The van der Waals surface area contributed by atoms with Crippen molar-refractivity contribution in [3.05, 3.63) is 30.1 Å². The predicted octanol–water partition coefficient (Wildman–Crippen LogP) is 0.489. The number of pyridine rings is 1. The molecule has 0 unspecified atom stereocenters. The van der Waals surface area contributed by atoms with Gasteiger partial charge in [-0.1, -0.05) is 6.07 Å². The average Bonchev–Trinajstić information content (AvgIpc) is 2.06. The molecule has 11 heavy (non-hydrogen) atoms. The van der Waals surface area contributed by atoms with Crippen LogP contribution in [0.4, 0.5) is 0 Å². The van der Waals surface area contributed by atoms with E-state index in [0.29, 0.717) is 6.54 Å². The third kappa shape index (κ3) is 3.02. The van der Waals surface area contributed by atoms with E-state index >= 15 is 0 Å². The summed E-state index contributed by atoms with van der Waals surface area (Å²) in [5, 5.41) is 5.29. The molecule has 0 aliphatic carbocycles. The second-order valence-corrected chi connectivity index (χ2v) is 3.48. The van der Waals surface area contributed by atoms with Crippen LogP contribution in [0.3, 0.4) is 0 Å². The summed E-state index contributed by atoms with van der Waals surface area (Å²) in [5.41, 5.74) is 0.987. The smallest absolute Gasteiger partial charge is 0.162 e. The highest BCUT2D eigenvalue weighted by atomic mass is 32.2. The molecule has 0 fully saturated rings. The minimum atomic E-state index is 0.693. The van der Waals surface area contributed by atoms with Crippen LogP contribution in [0.5, 0.6) is 0 Å². The molecule has 1 rings (SSSR count). The van der Waals surface area contributed by atoms with Crippen molar-refractivity contribution in [1.29, 1.82) is 0 Å². The number of rotatable bonds is 3. The SMILES string of the molecule is NSN([Si])Cc1ccccn1. The highest BCUT2D eigenvalue weighted by Crippen LogP contribution is 2.02. The van der Waals surface area contributed by atoms with E-state index in [9.17, 15) is 0 Å². The van der Waals surface area contributed by atoms with E-state index in [1.807, 2.05) is 18.2 Å². The Morgan fingerprint density at radius 1 is 1.64 bits per heavy atom. The molecule has 57 valence electrons. The van der Waals surface area contributed by atoms with Crippen LogP contribution >= 0.6 is 12.1 Å². The van der Waals surface area contributed by atoms with Crippen LogP contribution in [0, 0.1) is 0 Å². The van der Waals surface area contributed by atoms with E-state index in [0.717, 1.165) is 17.8 Å². The topological polar surface area (TPSA) is 42.1 Å². The van der Waals surface area contributed by atoms with Gasteiger partial charge >= 0.3 is 0 Å². The summed E-state index contributed by atoms with van der Waals surface area (Å²) in [6, 6.07) is 5.78. The molecular weight excluding hydrogens is 174 g/mol. The standard InChI is InChI=1S/C6H8N3SSi/c7-10-9(11)5-6-3-1-2-4-8-6/h1-4H,5,7H2. The molecule has 0 atom stereocenters. The Balaban J connectivity index is 2.51. The number of nitrogens with zero attached hydrogens (tertiary/aromatic N) is 2. The summed E-state index contributed by atoms with van der Waals surface area (Å²) < 4.78 is 1.72. The third-order valence-electron chi connectivity index (χ3n) is 1.16. The summed E-state index contributed by atoms with van der Waals surface area (Å²) >= 11 is 1.13. The van der Waals surface area contributed by atoms with Gasteiger partial charge in [0.25, 0.3) is 0 Å². The Hall–Kier alpha value is -0.363. The van der Waals surface area contributed by atoms with Gasteiger partial charge in [0.15, 0.2) is 10.4 Å². The van der Waals surface area contributed by atoms with E-state index in [4.69, 9.17) is 5.14 Å². The van der Waals surface area contributed by atoms with Crippen molar-refractivity contribution in [2.24, 2.45) is 5.14 Å². The van der Waals surface area contributed by atoms with E-state index in [1.54, 1.807) is 10.2 Å². The lowest BCUT2D eigenvalue weighted by Crippen LogP contribution is -2.13. The molecule has 0 aliphatic heterocycles. The summed E-state index contributed by atoms with van der Waals surface area (Å²) in [7, 11) is 3.29. The average molecular weight is 182 g/mol. The van der Waals surface area contributed by atoms with Gasteiger partial charge < -0.3 is 0 Å². The molecule has 0 spiro atoms. The Labute approximate surface area is 73.8 Å². The molecule has 0 aliphatic rings. The molecule has 1 aromatic rings. The van der Waals surface area contributed by atoms with Crippen molar-refractivity contribution in [3.8, 4) is 0 Å². The van der Waals surface area contributed by atoms with Crippen molar-refractivity contribution in [2.45, 2.75) is 6.54 Å². The summed E-state index contributed by atoms with van der Waals surface area (Å²) in [6.07, 6.45) is 1.76. The highest BCUT2D eigenvalue weighted by Gasteiger charge is 1.97. The van der Waals surface area contributed by atoms with Gasteiger partial charge in [0.1, 0.15) is 0 Å². The van der Waals surface area contributed by atoms with Gasteiger partial charge in [-0.15, -0.1) is 0 Å². The fourth-order valence-electron chi connectivity index (χ4n) is 0.676. The zero-order valence-corrected chi connectivity index (χ0v) is 7.71. The molecule has 1 aromatic heterocycles. The van der Waals surface area contributed by atoms with Crippen LogP contribution in [-0.2, 0) is 6.54 Å². The number of nitrogens with two attached hydrogens (primary N) is 1. The first kappa shape index (κ1) is 8.73. The van der Waals surface area contributed by atoms with E-state index in [-0.39, 0.29) is 0 Å². The summed E-state index contributed by atoms with van der Waals surface area (Å²) in [6.45, 7) is 0.693. The lowest BCUT2D eigenvalue weighted by atomic mass is 10.4. The Bertz CT molecular complexity index is 206. The molecule has 0 bridgehead atoms. The second-order valence-electron chi connectivity index (χ2n) is 1.96. The lowest BCUT2D eigenvalue weighted by Gasteiger charge is -2.09. The molecule has 5 heteroatoms. The lowest BCUT2D eigenvalue weighted by molar-refractivity contribution is 0.701. The van der Waals surface area contributed by atoms with Gasteiger partial charge in [-0.05, 0) is 24.3 Å². The fraction of sp³-hybridized carbons (Fsp3) is 0.167. The van der Waals surface area contributed by atoms with Crippen LogP contribution < -0.4 is 5.14 Å². The minimum absolute atomic E-state index is 0.693. The predicted molar refractivity (Wildman–Crippen MR) is 47.3 cm³/mol. The maximum atomic E-state index is 5.29. The Morgan fingerprint density at radius 2 is 2.45 bits per heavy atom. The number of hydrogen-bond acceptors (Lipinski definition) is 4. The van der Waals surface area contributed by atoms with Crippen molar-refractivity contribution >= 4 is 22.5 Å². The van der Waals surface area contributed by atoms with Crippen molar-refractivity contribution in [2.75, 3.05) is 0 Å². The normalized spacial score (nSPS) is 10.5. The van der Waals surface area contributed by atoms with Gasteiger partial charge in [-0.3, -0.25) is 14.1 Å². The van der Waals surface area contributed by atoms with Crippen molar-refractivity contribution in [3.63, 3.8) is 0 Å². The summed E-state index contributed by atoms with van der Waals surface area (Å²) in [4.78, 5) is 4.12. The molecule has 0 aromatic carbocycles. The van der Waals surface area contributed by atoms with Gasteiger partial charge in [0.2, 0.25) is 0 Å². The molecular formula is C6H8N3SSi. The highest BCUT2D eigenvalue weighted by molar-refractivity contribution is 7.95. The first-order valence-electron chi connectivity index (χ1n) is 3.08. The Kier molecular flexibility index (Phi) is 3.57. The van der Waals surface area contributed by atoms with E-state index in [1.165, 1.54) is 0 Å². The number of hydrogen-bond donors (Lipinski definition) is 1. The zero-order chi connectivity index (χ0) is 8.10. The molecule has 0 saturated carbocycles. The van der Waals surface area contributed by atoms with Crippen LogP contribution in [0.25, 0.3) is 0 Å². The first-order valence-corrected chi connectivity index (χ1v) is 4.37. The van der Waals surface area contributed by atoms with Crippen LogP contribution in [0.2, 0.25) is 0 Å². The summed E-state index contributed by atoms with van der Waals surface area (Å²) in [5.74, 6) is 0. The molecule has 0 amide bonds. The maximum absolute atomic E-state index is 5.29. The molecule has 0 saturated heterocycles. The van der Waals surface area contributed by atoms with Crippen LogP contribution in [0.15, 0.2) is 24.4 Å². The Morgan fingerprint density at radius 3 is 3.00 bits per heavy atom. The second kappa shape index (κ2) is 4.50. The molecule has 3 radical (unpaired) electrons. The van der Waals surface area contributed by atoms with Gasteiger partial charge in [-0.2, -0.15) is 0 Å². The van der Waals surface area contributed by atoms with Gasteiger partial charge in [0, 0.05) is 12.7 Å². The molecule has 2 N–H and O–H groups in total. The van der Waals surface area contributed by atoms with Crippen LogP contribution in [0.1, 0.15) is 5.69 Å². The largest absolute Gasteiger partial charge is 0.265 e. The van der Waals surface area contributed by atoms with Gasteiger partial charge in [-0.25, -0.2) is 0 Å². The fourth-order valence-corrected chi connectivity index (χ4v) is 1.04. The zero-order valence-electron chi connectivity index (χ0n) is 5.90. The quantitative estimate of drug-likeness (QED) is 0.545. The molecule has 3 nitrogen and oxygen atoms in total. The van der Waals surface area contributed by atoms with Crippen LogP contribution in [-0.4, -0.2) is 19.4 Å². The van der Waals surface area contributed by atoms with E-state index in [2.05, 4.69) is 15.4 Å².